The van der Waals surface area contributed by atoms with E-state index in [-0.39, 0.29) is 15.6 Å². The third-order valence-corrected chi connectivity index (χ3v) is 5.13. The van der Waals surface area contributed by atoms with E-state index in [1.807, 2.05) is 0 Å². The first-order valence-electron chi connectivity index (χ1n) is 7.27. The van der Waals surface area contributed by atoms with Crippen molar-refractivity contribution in [3.8, 4) is 5.69 Å². The van der Waals surface area contributed by atoms with E-state index < -0.39 is 27.7 Å². The molecular weight excluding hydrogens is 410 g/mol. The van der Waals surface area contributed by atoms with Crippen LogP contribution in [0.2, 0.25) is 5.02 Å². The van der Waals surface area contributed by atoms with E-state index in [9.17, 15) is 26.0 Å². The van der Waals surface area contributed by atoms with Gasteiger partial charge in [0.05, 0.1) is 15.6 Å². The molecular formula is C16H10ClF4N3O2S. The highest BCUT2D eigenvalue weighted by molar-refractivity contribution is 7.92. The normalized spacial score (nSPS) is 12.2. The van der Waals surface area contributed by atoms with E-state index in [1.54, 1.807) is 0 Å². The zero-order valence-electron chi connectivity index (χ0n) is 13.2. The number of anilines is 1. The molecule has 1 heterocycles. The number of halogens is 5. The lowest BCUT2D eigenvalue weighted by atomic mass is 10.3. The van der Waals surface area contributed by atoms with Crippen LogP contribution in [0.25, 0.3) is 5.69 Å². The van der Waals surface area contributed by atoms with Gasteiger partial charge in [0.25, 0.3) is 10.0 Å². The van der Waals surface area contributed by atoms with Crippen LogP contribution in [0, 0.1) is 5.82 Å². The summed E-state index contributed by atoms with van der Waals surface area (Å²) >= 11 is 5.59. The molecule has 0 saturated carbocycles. The second kappa shape index (κ2) is 6.86. The smallest absolute Gasteiger partial charge is 0.280 e. The maximum Gasteiger partial charge on any atom is 0.435 e. The van der Waals surface area contributed by atoms with Crippen molar-refractivity contribution in [2.75, 3.05) is 4.72 Å². The Morgan fingerprint density at radius 1 is 1.04 bits per heavy atom. The standard InChI is InChI=1S/C16H10ClF4N3O2S/c17-13-9-12(5-6-14(13)18)27(25,26)23-10-1-3-11(4-2-10)24-8-7-15(22-24)16(19,20)21/h1-9,23H. The number of hydrogen-bond acceptors (Lipinski definition) is 3. The highest BCUT2D eigenvalue weighted by Crippen LogP contribution is 2.28. The highest BCUT2D eigenvalue weighted by Gasteiger charge is 2.33. The second-order valence-corrected chi connectivity index (χ2v) is 7.46. The first kappa shape index (κ1) is 19.2. The third-order valence-electron chi connectivity index (χ3n) is 3.46. The second-order valence-electron chi connectivity index (χ2n) is 5.37. The van der Waals surface area contributed by atoms with E-state index in [0.717, 1.165) is 35.1 Å². The number of sulfonamides is 1. The Hall–Kier alpha value is -2.59. The molecule has 5 nitrogen and oxygen atoms in total. The van der Waals surface area contributed by atoms with Gasteiger partial charge in [-0.2, -0.15) is 18.3 Å². The van der Waals surface area contributed by atoms with E-state index in [4.69, 9.17) is 11.6 Å². The maximum absolute atomic E-state index is 13.2. The Balaban J connectivity index is 1.81. The summed E-state index contributed by atoms with van der Waals surface area (Å²) in [7, 11) is -4.02. The lowest BCUT2D eigenvalue weighted by Crippen LogP contribution is -2.13. The van der Waals surface area contributed by atoms with Crippen molar-refractivity contribution >= 4 is 27.3 Å². The fraction of sp³-hybridized carbons (Fsp3) is 0.0625. The molecule has 0 aliphatic heterocycles. The van der Waals surface area contributed by atoms with Crippen molar-refractivity contribution in [3.05, 3.63) is 71.3 Å². The van der Waals surface area contributed by atoms with Crippen LogP contribution in [-0.4, -0.2) is 18.2 Å². The van der Waals surface area contributed by atoms with Crippen molar-refractivity contribution in [2.24, 2.45) is 0 Å². The quantitative estimate of drug-likeness (QED) is 0.634. The fourth-order valence-corrected chi connectivity index (χ4v) is 3.49. The predicted molar refractivity (Wildman–Crippen MR) is 90.8 cm³/mol. The van der Waals surface area contributed by atoms with Crippen molar-refractivity contribution < 1.29 is 26.0 Å². The summed E-state index contributed by atoms with van der Waals surface area (Å²) in [5.74, 6) is -0.752. The van der Waals surface area contributed by atoms with Crippen LogP contribution >= 0.6 is 11.6 Å². The summed E-state index contributed by atoms with van der Waals surface area (Å²) in [5, 5.41) is 3.08. The summed E-state index contributed by atoms with van der Waals surface area (Å²) in [4.78, 5) is -0.236. The van der Waals surface area contributed by atoms with Gasteiger partial charge < -0.3 is 0 Å². The van der Waals surface area contributed by atoms with Crippen LogP contribution in [0.1, 0.15) is 5.69 Å². The van der Waals surface area contributed by atoms with Crippen molar-refractivity contribution in [1.29, 1.82) is 0 Å². The van der Waals surface area contributed by atoms with Gasteiger partial charge in [-0.3, -0.25) is 4.72 Å². The molecule has 11 heteroatoms. The first-order valence-corrected chi connectivity index (χ1v) is 9.13. The van der Waals surface area contributed by atoms with Crippen LogP contribution in [0.3, 0.4) is 0 Å². The molecule has 0 bridgehead atoms. The van der Waals surface area contributed by atoms with Gasteiger partial charge in [0, 0.05) is 11.9 Å². The average molecular weight is 420 g/mol. The molecule has 1 N–H and O–H groups in total. The lowest BCUT2D eigenvalue weighted by Gasteiger charge is -2.09. The molecule has 3 rings (SSSR count). The summed E-state index contributed by atoms with van der Waals surface area (Å²) in [5.41, 5.74) is -0.582. The predicted octanol–water partition coefficient (Wildman–Crippen LogP) is 4.48. The van der Waals surface area contributed by atoms with E-state index in [1.165, 1.54) is 24.3 Å². The zero-order chi connectivity index (χ0) is 19.8. The Labute approximate surface area is 156 Å². The van der Waals surface area contributed by atoms with Gasteiger partial charge in [0.1, 0.15) is 5.82 Å². The average Bonchev–Trinajstić information content (AvgIpc) is 3.08. The molecule has 3 aromatic rings. The first-order chi connectivity index (χ1) is 12.6. The Kier molecular flexibility index (Phi) is 4.87. The number of rotatable bonds is 4. The molecule has 1 aromatic heterocycles. The highest BCUT2D eigenvalue weighted by atomic mass is 35.5. The van der Waals surface area contributed by atoms with Crippen LogP contribution in [0.5, 0.6) is 0 Å². The molecule has 0 radical (unpaired) electrons. The molecule has 0 amide bonds. The summed E-state index contributed by atoms with van der Waals surface area (Å²) in [6.45, 7) is 0. The van der Waals surface area contributed by atoms with E-state index in [0.29, 0.717) is 5.69 Å². The molecule has 0 fully saturated rings. The van der Waals surface area contributed by atoms with E-state index in [2.05, 4.69) is 9.82 Å². The number of nitrogens with one attached hydrogen (secondary N) is 1. The van der Waals surface area contributed by atoms with Crippen molar-refractivity contribution in [3.63, 3.8) is 0 Å². The van der Waals surface area contributed by atoms with E-state index >= 15 is 0 Å². The summed E-state index contributed by atoms with van der Waals surface area (Å²) < 4.78 is 78.8. The number of hydrogen-bond donors (Lipinski definition) is 1. The van der Waals surface area contributed by atoms with Gasteiger partial charge in [0.15, 0.2) is 5.69 Å². The number of alkyl halides is 3. The molecule has 0 spiro atoms. The Morgan fingerprint density at radius 3 is 2.26 bits per heavy atom. The van der Waals surface area contributed by atoms with Gasteiger partial charge in [-0.15, -0.1) is 0 Å². The van der Waals surface area contributed by atoms with Crippen LogP contribution in [0.4, 0.5) is 23.2 Å². The van der Waals surface area contributed by atoms with Crippen LogP contribution in [0.15, 0.2) is 59.6 Å². The summed E-state index contributed by atoms with van der Waals surface area (Å²) in [6.07, 6.45) is -3.42. The monoisotopic (exact) mass is 419 g/mol. The zero-order valence-corrected chi connectivity index (χ0v) is 14.8. The largest absolute Gasteiger partial charge is 0.435 e. The third kappa shape index (κ3) is 4.22. The van der Waals surface area contributed by atoms with Gasteiger partial charge in [-0.05, 0) is 48.5 Å². The van der Waals surface area contributed by atoms with Crippen LogP contribution < -0.4 is 4.72 Å². The van der Waals surface area contributed by atoms with Crippen molar-refractivity contribution in [1.82, 2.24) is 9.78 Å². The molecule has 0 atom stereocenters. The Bertz CT molecular complexity index is 1080. The van der Waals surface area contributed by atoms with Gasteiger partial charge in [0.2, 0.25) is 0 Å². The minimum absolute atomic E-state index is 0.155. The number of nitrogens with zero attached hydrogens (tertiary/aromatic N) is 2. The topological polar surface area (TPSA) is 64.0 Å². The van der Waals surface area contributed by atoms with Gasteiger partial charge in [-0.1, -0.05) is 11.6 Å². The van der Waals surface area contributed by atoms with Gasteiger partial charge >= 0.3 is 6.18 Å². The molecule has 27 heavy (non-hydrogen) atoms. The minimum Gasteiger partial charge on any atom is -0.280 e. The van der Waals surface area contributed by atoms with Crippen LogP contribution in [-0.2, 0) is 16.2 Å². The molecule has 0 aliphatic carbocycles. The molecule has 2 aromatic carbocycles. The molecule has 0 aliphatic rings. The van der Waals surface area contributed by atoms with Crippen molar-refractivity contribution in [2.45, 2.75) is 11.1 Å². The fourth-order valence-electron chi connectivity index (χ4n) is 2.16. The Morgan fingerprint density at radius 2 is 1.70 bits per heavy atom. The molecule has 0 unspecified atom stereocenters. The molecule has 142 valence electrons. The maximum atomic E-state index is 13.2. The molecule has 0 saturated heterocycles. The minimum atomic E-state index is -4.56. The number of aromatic nitrogens is 2. The van der Waals surface area contributed by atoms with Gasteiger partial charge in [-0.25, -0.2) is 17.5 Å². The lowest BCUT2D eigenvalue weighted by molar-refractivity contribution is -0.141. The number of benzene rings is 2. The summed E-state index contributed by atoms with van der Waals surface area (Å²) in [6, 6.07) is 9.27. The SMILES string of the molecule is O=S(=O)(Nc1ccc(-n2ccc(C(F)(F)F)n2)cc1)c1ccc(F)c(Cl)c1.